The van der Waals surface area contributed by atoms with Crippen molar-refractivity contribution in [2.75, 3.05) is 13.1 Å². The van der Waals surface area contributed by atoms with Gasteiger partial charge in [0.1, 0.15) is 17.6 Å². The van der Waals surface area contributed by atoms with Gasteiger partial charge in [0, 0.05) is 25.2 Å². The number of rotatable bonds is 7. The van der Waals surface area contributed by atoms with Gasteiger partial charge in [-0.2, -0.15) is 9.40 Å². The molecule has 1 aliphatic rings. The third kappa shape index (κ3) is 5.79. The van der Waals surface area contributed by atoms with Gasteiger partial charge in [-0.15, -0.1) is 0 Å². The van der Waals surface area contributed by atoms with E-state index in [-0.39, 0.29) is 21.4 Å². The van der Waals surface area contributed by atoms with E-state index in [0.29, 0.717) is 26.2 Å². The van der Waals surface area contributed by atoms with Crippen LogP contribution in [0.1, 0.15) is 47.2 Å². The summed E-state index contributed by atoms with van der Waals surface area (Å²) in [6, 6.07) is 12.2. The number of nitrogens with zero attached hydrogens (tertiary/aromatic N) is 4. The summed E-state index contributed by atoms with van der Waals surface area (Å²) in [7, 11) is -3.76. The second-order valence-corrected chi connectivity index (χ2v) is 10.4. The largest absolute Gasteiger partial charge is 0.348 e. The molecule has 2 heterocycles. The van der Waals surface area contributed by atoms with Crippen LogP contribution in [0.4, 0.5) is 0 Å². The number of halogens is 1. The first-order valence-electron chi connectivity index (χ1n) is 10.9. The minimum absolute atomic E-state index is 0.0174. The number of amides is 1. The Labute approximate surface area is 198 Å². The molecule has 1 saturated heterocycles. The molecule has 3 aromatic rings. The number of benzene rings is 2. The van der Waals surface area contributed by atoms with Crippen LogP contribution in [0.3, 0.4) is 0 Å². The maximum Gasteiger partial charge on any atom is 0.251 e. The number of aromatic nitrogens is 3. The number of sulfonamides is 1. The second kappa shape index (κ2) is 10.5. The minimum atomic E-state index is -3.76. The summed E-state index contributed by atoms with van der Waals surface area (Å²) < 4.78 is 29.5. The van der Waals surface area contributed by atoms with E-state index in [9.17, 15) is 13.2 Å². The zero-order chi connectivity index (χ0) is 23.3. The topological polar surface area (TPSA) is 97.2 Å². The Hall–Kier alpha value is -2.75. The zero-order valence-electron chi connectivity index (χ0n) is 18.2. The molecule has 0 bridgehead atoms. The van der Waals surface area contributed by atoms with E-state index in [1.54, 1.807) is 17.1 Å². The first kappa shape index (κ1) is 23.4. The SMILES string of the molecule is O=C(NCc1ccc(Cn2cncn2)cc1)c1ccc(Cl)c(S(=O)(=O)N2CCCCCC2)c1. The van der Waals surface area contributed by atoms with E-state index < -0.39 is 10.0 Å². The molecule has 1 N–H and O–H groups in total. The summed E-state index contributed by atoms with van der Waals surface area (Å²) in [5.74, 6) is -0.356. The van der Waals surface area contributed by atoms with Gasteiger partial charge in [-0.1, -0.05) is 48.7 Å². The van der Waals surface area contributed by atoms with Crippen LogP contribution in [-0.4, -0.2) is 46.5 Å². The summed E-state index contributed by atoms with van der Waals surface area (Å²) >= 11 is 6.24. The standard InChI is InChI=1S/C23H26ClN5O3S/c24-21-10-9-20(13-22(21)33(31,32)29-11-3-1-2-4-12-29)23(30)26-14-18-5-7-19(8-6-18)15-28-17-25-16-27-28/h5-10,13,16-17H,1-4,11-12,14-15H2,(H,26,30). The number of carbonyl (C=O) groups excluding carboxylic acids is 1. The van der Waals surface area contributed by atoms with Crippen molar-refractivity contribution >= 4 is 27.5 Å². The van der Waals surface area contributed by atoms with Crippen molar-refractivity contribution in [1.29, 1.82) is 0 Å². The molecule has 8 nitrogen and oxygen atoms in total. The van der Waals surface area contributed by atoms with Crippen molar-refractivity contribution in [1.82, 2.24) is 24.4 Å². The fourth-order valence-corrected chi connectivity index (χ4v) is 5.83. The lowest BCUT2D eigenvalue weighted by Crippen LogP contribution is -2.32. The maximum atomic E-state index is 13.2. The van der Waals surface area contributed by atoms with Gasteiger partial charge in [-0.3, -0.25) is 4.79 Å². The normalized spacial score (nSPS) is 15.2. The highest BCUT2D eigenvalue weighted by Crippen LogP contribution is 2.27. The van der Waals surface area contributed by atoms with Crippen LogP contribution in [0.15, 0.2) is 60.0 Å². The molecule has 174 valence electrons. The molecule has 1 fully saturated rings. The summed E-state index contributed by atoms with van der Waals surface area (Å²) in [4.78, 5) is 16.6. The summed E-state index contributed by atoms with van der Waals surface area (Å²) in [6.45, 7) is 1.88. The Morgan fingerprint density at radius 2 is 1.70 bits per heavy atom. The Morgan fingerprint density at radius 3 is 2.36 bits per heavy atom. The number of nitrogens with one attached hydrogen (secondary N) is 1. The van der Waals surface area contributed by atoms with Gasteiger partial charge in [-0.05, 0) is 42.2 Å². The smallest absolute Gasteiger partial charge is 0.251 e. The number of hydrogen-bond donors (Lipinski definition) is 1. The molecule has 10 heteroatoms. The van der Waals surface area contributed by atoms with Crippen molar-refractivity contribution in [2.45, 2.75) is 43.7 Å². The fraction of sp³-hybridized carbons (Fsp3) is 0.348. The average molecular weight is 488 g/mol. The predicted molar refractivity (Wildman–Crippen MR) is 125 cm³/mol. The summed E-state index contributed by atoms with van der Waals surface area (Å²) in [5.41, 5.74) is 2.25. The van der Waals surface area contributed by atoms with Crippen molar-refractivity contribution in [3.8, 4) is 0 Å². The third-order valence-corrected chi connectivity index (χ3v) is 8.04. The molecule has 1 aliphatic heterocycles. The van der Waals surface area contributed by atoms with E-state index in [4.69, 9.17) is 11.6 Å². The van der Waals surface area contributed by atoms with Gasteiger partial charge >= 0.3 is 0 Å². The molecule has 0 aliphatic carbocycles. The molecule has 0 atom stereocenters. The number of carbonyl (C=O) groups is 1. The fourth-order valence-electron chi connectivity index (χ4n) is 3.81. The molecule has 0 spiro atoms. The molecular formula is C23H26ClN5O3S. The molecule has 1 amide bonds. The first-order chi connectivity index (χ1) is 15.9. The van der Waals surface area contributed by atoms with Gasteiger partial charge in [0.15, 0.2) is 0 Å². The monoisotopic (exact) mass is 487 g/mol. The lowest BCUT2D eigenvalue weighted by Gasteiger charge is -2.21. The zero-order valence-corrected chi connectivity index (χ0v) is 19.7. The van der Waals surface area contributed by atoms with Gasteiger partial charge in [0.2, 0.25) is 10.0 Å². The second-order valence-electron chi connectivity index (χ2n) is 8.06. The molecule has 2 aromatic carbocycles. The molecule has 0 saturated carbocycles. The molecule has 4 rings (SSSR count). The highest BCUT2D eigenvalue weighted by Gasteiger charge is 2.28. The Kier molecular flexibility index (Phi) is 7.42. The average Bonchev–Trinajstić information content (AvgIpc) is 3.16. The first-order valence-corrected chi connectivity index (χ1v) is 12.7. The van der Waals surface area contributed by atoms with Crippen LogP contribution in [-0.2, 0) is 23.1 Å². The maximum absolute atomic E-state index is 13.2. The highest BCUT2D eigenvalue weighted by atomic mass is 35.5. The molecule has 0 radical (unpaired) electrons. The quantitative estimate of drug-likeness (QED) is 0.550. The summed E-state index contributed by atoms with van der Waals surface area (Å²) in [6.07, 6.45) is 6.84. The van der Waals surface area contributed by atoms with Gasteiger partial charge in [0.25, 0.3) is 5.91 Å². The molecule has 1 aromatic heterocycles. The summed E-state index contributed by atoms with van der Waals surface area (Å²) in [5, 5.41) is 7.06. The number of hydrogen-bond acceptors (Lipinski definition) is 5. The van der Waals surface area contributed by atoms with Crippen molar-refractivity contribution in [2.24, 2.45) is 0 Å². The van der Waals surface area contributed by atoms with E-state index >= 15 is 0 Å². The Balaban J connectivity index is 1.42. The van der Waals surface area contributed by atoms with Crippen LogP contribution >= 0.6 is 11.6 Å². The molecule has 33 heavy (non-hydrogen) atoms. The lowest BCUT2D eigenvalue weighted by molar-refractivity contribution is 0.0950. The predicted octanol–water partition coefficient (Wildman–Crippen LogP) is 3.47. The van der Waals surface area contributed by atoms with Crippen molar-refractivity contribution in [3.05, 3.63) is 76.8 Å². The van der Waals surface area contributed by atoms with Crippen LogP contribution in [0.2, 0.25) is 5.02 Å². The van der Waals surface area contributed by atoms with Crippen molar-refractivity contribution in [3.63, 3.8) is 0 Å². The minimum Gasteiger partial charge on any atom is -0.348 e. The lowest BCUT2D eigenvalue weighted by atomic mass is 10.1. The Bertz CT molecular complexity index is 1190. The Morgan fingerprint density at radius 1 is 1.00 bits per heavy atom. The van der Waals surface area contributed by atoms with E-state index in [1.165, 1.54) is 22.8 Å². The third-order valence-electron chi connectivity index (χ3n) is 5.66. The van der Waals surface area contributed by atoms with E-state index in [1.807, 2.05) is 24.3 Å². The highest BCUT2D eigenvalue weighted by molar-refractivity contribution is 7.89. The van der Waals surface area contributed by atoms with Crippen LogP contribution < -0.4 is 5.32 Å². The van der Waals surface area contributed by atoms with Gasteiger partial charge < -0.3 is 5.32 Å². The van der Waals surface area contributed by atoms with Gasteiger partial charge in [-0.25, -0.2) is 18.1 Å². The van der Waals surface area contributed by atoms with Crippen molar-refractivity contribution < 1.29 is 13.2 Å². The van der Waals surface area contributed by atoms with Crippen LogP contribution in [0, 0.1) is 0 Å². The molecular weight excluding hydrogens is 462 g/mol. The van der Waals surface area contributed by atoms with E-state index in [0.717, 1.165) is 36.8 Å². The van der Waals surface area contributed by atoms with Crippen LogP contribution in [0.25, 0.3) is 0 Å². The van der Waals surface area contributed by atoms with E-state index in [2.05, 4.69) is 15.4 Å². The van der Waals surface area contributed by atoms with Crippen LogP contribution in [0.5, 0.6) is 0 Å². The van der Waals surface area contributed by atoms with Gasteiger partial charge in [0.05, 0.1) is 11.6 Å². The molecule has 0 unspecified atom stereocenters.